The smallest absolute Gasteiger partial charge is 0.231 e. The van der Waals surface area contributed by atoms with Crippen molar-refractivity contribution in [1.82, 2.24) is 10.2 Å². The van der Waals surface area contributed by atoms with E-state index in [9.17, 15) is 4.79 Å². The summed E-state index contributed by atoms with van der Waals surface area (Å²) in [4.78, 5) is 13.9. The number of piperazine rings is 1. The first-order chi connectivity index (χ1) is 10.3. The molecule has 2 heterocycles. The summed E-state index contributed by atoms with van der Waals surface area (Å²) in [6.45, 7) is 4.18. The van der Waals surface area contributed by atoms with Gasteiger partial charge in [0.25, 0.3) is 0 Å². The molecule has 0 bridgehead atoms. The van der Waals surface area contributed by atoms with E-state index in [-0.39, 0.29) is 12.7 Å². The van der Waals surface area contributed by atoms with Gasteiger partial charge in [-0.05, 0) is 18.6 Å². The lowest BCUT2D eigenvalue weighted by Crippen LogP contribution is -2.46. The van der Waals surface area contributed by atoms with Crippen LogP contribution in [0.15, 0.2) is 18.2 Å². The number of nitrogens with one attached hydrogen (secondary N) is 1. The van der Waals surface area contributed by atoms with E-state index in [2.05, 4.69) is 5.32 Å². The minimum absolute atomic E-state index is 0.214. The van der Waals surface area contributed by atoms with Crippen LogP contribution in [0.1, 0.15) is 12.8 Å². The van der Waals surface area contributed by atoms with Crippen LogP contribution in [-0.4, -0.2) is 50.4 Å². The van der Waals surface area contributed by atoms with Crippen molar-refractivity contribution in [1.29, 1.82) is 0 Å². The first kappa shape index (κ1) is 14.0. The van der Waals surface area contributed by atoms with Crippen LogP contribution in [0.25, 0.3) is 0 Å². The molecule has 0 atom stereocenters. The fourth-order valence-electron chi connectivity index (χ4n) is 2.45. The molecule has 114 valence electrons. The second kappa shape index (κ2) is 6.67. The molecule has 0 radical (unpaired) electrons. The Morgan fingerprint density at radius 1 is 1.24 bits per heavy atom. The summed E-state index contributed by atoms with van der Waals surface area (Å²) in [5, 5.41) is 3.24. The molecule has 1 fully saturated rings. The minimum atomic E-state index is 0.214. The van der Waals surface area contributed by atoms with Crippen molar-refractivity contribution in [3.63, 3.8) is 0 Å². The topological polar surface area (TPSA) is 60.0 Å². The molecule has 1 saturated heterocycles. The minimum Gasteiger partial charge on any atom is -0.493 e. The lowest BCUT2D eigenvalue weighted by atomic mass is 10.2. The Morgan fingerprint density at radius 3 is 2.90 bits per heavy atom. The van der Waals surface area contributed by atoms with Crippen molar-refractivity contribution in [2.45, 2.75) is 12.8 Å². The summed E-state index contributed by atoms with van der Waals surface area (Å²) < 4.78 is 16.2. The number of carbonyl (C=O) groups is 1. The van der Waals surface area contributed by atoms with Gasteiger partial charge < -0.3 is 24.4 Å². The highest BCUT2D eigenvalue weighted by Crippen LogP contribution is 2.35. The predicted molar refractivity (Wildman–Crippen MR) is 76.7 cm³/mol. The van der Waals surface area contributed by atoms with Crippen molar-refractivity contribution < 1.29 is 19.0 Å². The Balaban J connectivity index is 1.39. The summed E-state index contributed by atoms with van der Waals surface area (Å²) in [5.41, 5.74) is 0. The quantitative estimate of drug-likeness (QED) is 0.821. The van der Waals surface area contributed by atoms with Crippen LogP contribution in [0.3, 0.4) is 0 Å². The van der Waals surface area contributed by atoms with Crippen LogP contribution < -0.4 is 19.5 Å². The first-order valence-electron chi connectivity index (χ1n) is 7.34. The third kappa shape index (κ3) is 3.58. The lowest BCUT2D eigenvalue weighted by molar-refractivity contribution is -0.132. The molecule has 6 nitrogen and oxygen atoms in total. The molecule has 1 aromatic carbocycles. The summed E-state index contributed by atoms with van der Waals surface area (Å²) in [6, 6.07) is 5.51. The van der Waals surface area contributed by atoms with Crippen molar-refractivity contribution in [3.8, 4) is 17.2 Å². The van der Waals surface area contributed by atoms with E-state index in [0.29, 0.717) is 18.8 Å². The van der Waals surface area contributed by atoms with Gasteiger partial charge in [-0.3, -0.25) is 4.79 Å². The number of fused-ring (bicyclic) bond motifs is 1. The fourth-order valence-corrected chi connectivity index (χ4v) is 2.45. The molecule has 0 spiro atoms. The van der Waals surface area contributed by atoms with Gasteiger partial charge in [0.1, 0.15) is 5.75 Å². The van der Waals surface area contributed by atoms with Gasteiger partial charge in [-0.25, -0.2) is 0 Å². The number of benzene rings is 1. The zero-order valence-electron chi connectivity index (χ0n) is 12.0. The number of carbonyl (C=O) groups excluding carboxylic acids is 1. The summed E-state index contributed by atoms with van der Waals surface area (Å²) >= 11 is 0. The lowest BCUT2D eigenvalue weighted by Gasteiger charge is -2.27. The van der Waals surface area contributed by atoms with Gasteiger partial charge in [0.05, 0.1) is 6.61 Å². The van der Waals surface area contributed by atoms with E-state index in [1.54, 1.807) is 0 Å². The monoisotopic (exact) mass is 292 g/mol. The Morgan fingerprint density at radius 2 is 2.05 bits per heavy atom. The average molecular weight is 292 g/mol. The fraction of sp³-hybridized carbons (Fsp3) is 0.533. The van der Waals surface area contributed by atoms with Gasteiger partial charge in [0.15, 0.2) is 11.5 Å². The molecule has 21 heavy (non-hydrogen) atoms. The third-order valence-electron chi connectivity index (χ3n) is 3.62. The van der Waals surface area contributed by atoms with Crippen LogP contribution in [0.5, 0.6) is 17.2 Å². The average Bonchev–Trinajstić information content (AvgIpc) is 3.00. The van der Waals surface area contributed by atoms with Crippen molar-refractivity contribution in [3.05, 3.63) is 18.2 Å². The van der Waals surface area contributed by atoms with Crippen molar-refractivity contribution in [2.75, 3.05) is 39.6 Å². The number of rotatable bonds is 5. The van der Waals surface area contributed by atoms with Crippen LogP contribution in [-0.2, 0) is 4.79 Å². The zero-order chi connectivity index (χ0) is 14.5. The van der Waals surface area contributed by atoms with Gasteiger partial charge in [-0.2, -0.15) is 0 Å². The number of hydrogen-bond donors (Lipinski definition) is 1. The number of amides is 1. The van der Waals surface area contributed by atoms with E-state index in [4.69, 9.17) is 14.2 Å². The second-order valence-electron chi connectivity index (χ2n) is 5.10. The van der Waals surface area contributed by atoms with Crippen LogP contribution >= 0.6 is 0 Å². The van der Waals surface area contributed by atoms with Crippen molar-refractivity contribution in [2.24, 2.45) is 0 Å². The van der Waals surface area contributed by atoms with Crippen molar-refractivity contribution >= 4 is 5.91 Å². The summed E-state index contributed by atoms with van der Waals surface area (Å²) in [7, 11) is 0. The number of nitrogens with zero attached hydrogens (tertiary/aromatic N) is 1. The van der Waals surface area contributed by atoms with Gasteiger partial charge in [0.2, 0.25) is 12.7 Å². The third-order valence-corrected chi connectivity index (χ3v) is 3.62. The van der Waals surface area contributed by atoms with Gasteiger partial charge in [-0.1, -0.05) is 0 Å². The maximum atomic E-state index is 12.0. The normalized spacial score (nSPS) is 16.9. The SMILES string of the molecule is O=C(CCCOc1ccc2c(c1)OCO2)N1CCNCC1. The first-order valence-corrected chi connectivity index (χ1v) is 7.34. The summed E-state index contributed by atoms with van der Waals surface area (Å²) in [5.74, 6) is 2.42. The largest absolute Gasteiger partial charge is 0.493 e. The molecule has 2 aliphatic heterocycles. The molecular formula is C15H20N2O4. The van der Waals surface area contributed by atoms with E-state index in [0.717, 1.165) is 44.1 Å². The number of ether oxygens (including phenoxy) is 3. The maximum absolute atomic E-state index is 12.0. The molecule has 0 saturated carbocycles. The van der Waals surface area contributed by atoms with E-state index >= 15 is 0 Å². The standard InChI is InChI=1S/C15H20N2O4/c18-15(17-7-5-16-6-8-17)2-1-9-19-12-3-4-13-14(10-12)21-11-20-13/h3-4,10,16H,1-2,5-9,11H2. The van der Waals surface area contributed by atoms with E-state index in [1.165, 1.54) is 0 Å². The van der Waals surface area contributed by atoms with E-state index in [1.807, 2.05) is 23.1 Å². The van der Waals surface area contributed by atoms with Crippen LogP contribution in [0.2, 0.25) is 0 Å². The summed E-state index contributed by atoms with van der Waals surface area (Å²) in [6.07, 6.45) is 1.25. The molecule has 0 aliphatic carbocycles. The van der Waals surface area contributed by atoms with Crippen LogP contribution in [0, 0.1) is 0 Å². The molecule has 0 aromatic heterocycles. The highest BCUT2D eigenvalue weighted by molar-refractivity contribution is 5.76. The molecule has 2 aliphatic rings. The Labute approximate surface area is 124 Å². The number of hydrogen-bond acceptors (Lipinski definition) is 5. The maximum Gasteiger partial charge on any atom is 0.231 e. The van der Waals surface area contributed by atoms with Gasteiger partial charge in [-0.15, -0.1) is 0 Å². The van der Waals surface area contributed by atoms with E-state index < -0.39 is 0 Å². The molecule has 0 unspecified atom stereocenters. The second-order valence-corrected chi connectivity index (χ2v) is 5.10. The Hall–Kier alpha value is -1.95. The Bertz CT molecular complexity index is 500. The predicted octanol–water partition coefficient (Wildman–Crippen LogP) is 1.01. The molecule has 1 aromatic rings. The molecule has 1 N–H and O–H groups in total. The Kier molecular flexibility index (Phi) is 4.45. The zero-order valence-corrected chi connectivity index (χ0v) is 12.0. The highest BCUT2D eigenvalue weighted by Gasteiger charge is 2.16. The molecular weight excluding hydrogens is 272 g/mol. The highest BCUT2D eigenvalue weighted by atomic mass is 16.7. The molecule has 3 rings (SSSR count). The molecule has 1 amide bonds. The van der Waals surface area contributed by atoms with Crippen LogP contribution in [0.4, 0.5) is 0 Å². The van der Waals surface area contributed by atoms with Gasteiger partial charge >= 0.3 is 0 Å². The molecule has 6 heteroatoms. The van der Waals surface area contributed by atoms with Gasteiger partial charge in [0, 0.05) is 38.7 Å².